The summed E-state index contributed by atoms with van der Waals surface area (Å²) in [5.41, 5.74) is 4.04. The van der Waals surface area contributed by atoms with E-state index in [-0.39, 0.29) is 10.7 Å². The Balaban J connectivity index is 1.58. The predicted molar refractivity (Wildman–Crippen MR) is 126 cm³/mol. The van der Waals surface area contributed by atoms with Crippen molar-refractivity contribution in [2.45, 2.75) is 6.61 Å². The van der Waals surface area contributed by atoms with E-state index in [1.165, 1.54) is 18.3 Å². The number of benzene rings is 3. The standard InChI is InChI=1S/C22H16BrCl2N3O3/c23-16-7-5-14(6-8-16)13-31-20-4-2-1-3-15(20)12-26-28-22(30)21(29)27-19-11-17(24)9-10-18(19)25/h1-12H,13H2,(H,27,29)(H,28,30). The van der Waals surface area contributed by atoms with Gasteiger partial charge in [0.15, 0.2) is 0 Å². The molecule has 0 bridgehead atoms. The zero-order valence-electron chi connectivity index (χ0n) is 15.9. The van der Waals surface area contributed by atoms with Crippen LogP contribution in [0.25, 0.3) is 0 Å². The van der Waals surface area contributed by atoms with E-state index in [4.69, 9.17) is 27.9 Å². The van der Waals surface area contributed by atoms with Crippen molar-refractivity contribution in [2.24, 2.45) is 5.10 Å². The molecule has 158 valence electrons. The van der Waals surface area contributed by atoms with Crippen LogP contribution in [0.5, 0.6) is 5.75 Å². The average Bonchev–Trinajstić information content (AvgIpc) is 2.76. The van der Waals surface area contributed by atoms with Gasteiger partial charge in [-0.05, 0) is 48.0 Å². The van der Waals surface area contributed by atoms with Gasteiger partial charge in [0.2, 0.25) is 0 Å². The molecule has 3 aromatic carbocycles. The lowest BCUT2D eigenvalue weighted by Gasteiger charge is -2.09. The smallest absolute Gasteiger partial charge is 0.329 e. The summed E-state index contributed by atoms with van der Waals surface area (Å²) >= 11 is 15.2. The van der Waals surface area contributed by atoms with E-state index in [1.807, 2.05) is 36.4 Å². The lowest BCUT2D eigenvalue weighted by molar-refractivity contribution is -0.136. The van der Waals surface area contributed by atoms with E-state index >= 15 is 0 Å². The van der Waals surface area contributed by atoms with Crippen LogP contribution < -0.4 is 15.5 Å². The maximum absolute atomic E-state index is 12.0. The summed E-state index contributed by atoms with van der Waals surface area (Å²) in [7, 11) is 0. The summed E-state index contributed by atoms with van der Waals surface area (Å²) in [5.74, 6) is -1.31. The summed E-state index contributed by atoms with van der Waals surface area (Å²) < 4.78 is 6.83. The molecule has 6 nitrogen and oxygen atoms in total. The third-order valence-corrected chi connectivity index (χ3v) is 5.07. The quantitative estimate of drug-likeness (QED) is 0.258. The van der Waals surface area contributed by atoms with Crippen molar-refractivity contribution in [2.75, 3.05) is 5.32 Å². The minimum atomic E-state index is -0.958. The van der Waals surface area contributed by atoms with Gasteiger partial charge in [-0.3, -0.25) is 9.59 Å². The maximum Gasteiger partial charge on any atom is 0.329 e. The fourth-order valence-electron chi connectivity index (χ4n) is 2.44. The SMILES string of the molecule is O=C(NN=Cc1ccccc1OCc1ccc(Br)cc1)C(=O)Nc1cc(Cl)ccc1Cl. The number of carbonyl (C=O) groups is 2. The summed E-state index contributed by atoms with van der Waals surface area (Å²) in [6, 6.07) is 19.5. The van der Waals surface area contributed by atoms with Gasteiger partial charge >= 0.3 is 11.8 Å². The Morgan fingerprint density at radius 1 is 1.00 bits per heavy atom. The summed E-state index contributed by atoms with van der Waals surface area (Å²) in [6.45, 7) is 0.368. The molecule has 0 heterocycles. The molecule has 0 saturated carbocycles. The van der Waals surface area contributed by atoms with Gasteiger partial charge < -0.3 is 10.1 Å². The highest BCUT2D eigenvalue weighted by Crippen LogP contribution is 2.25. The van der Waals surface area contributed by atoms with Crippen LogP contribution in [-0.2, 0) is 16.2 Å². The number of nitrogens with one attached hydrogen (secondary N) is 2. The lowest BCUT2D eigenvalue weighted by Crippen LogP contribution is -2.32. The van der Waals surface area contributed by atoms with Crippen molar-refractivity contribution in [3.05, 3.63) is 92.4 Å². The first-order valence-electron chi connectivity index (χ1n) is 8.98. The van der Waals surface area contributed by atoms with E-state index in [0.717, 1.165) is 10.0 Å². The Morgan fingerprint density at radius 3 is 2.52 bits per heavy atom. The van der Waals surface area contributed by atoms with E-state index < -0.39 is 11.8 Å². The molecule has 0 fully saturated rings. The molecule has 0 aliphatic heterocycles. The number of anilines is 1. The summed E-state index contributed by atoms with van der Waals surface area (Å²) in [6.07, 6.45) is 1.40. The van der Waals surface area contributed by atoms with Crippen molar-refractivity contribution in [3.8, 4) is 5.75 Å². The summed E-state index contributed by atoms with van der Waals surface area (Å²) in [4.78, 5) is 24.1. The van der Waals surface area contributed by atoms with Gasteiger partial charge in [-0.15, -0.1) is 0 Å². The number of amides is 2. The molecule has 0 unspecified atom stereocenters. The molecule has 9 heteroatoms. The van der Waals surface area contributed by atoms with Crippen molar-refractivity contribution >= 4 is 62.8 Å². The molecule has 0 aliphatic rings. The molecule has 2 amide bonds. The van der Waals surface area contributed by atoms with Gasteiger partial charge in [0, 0.05) is 15.1 Å². The van der Waals surface area contributed by atoms with Crippen LogP contribution in [-0.4, -0.2) is 18.0 Å². The first-order valence-corrected chi connectivity index (χ1v) is 10.5. The molecule has 2 N–H and O–H groups in total. The van der Waals surface area contributed by atoms with Gasteiger partial charge in [-0.2, -0.15) is 5.10 Å². The van der Waals surface area contributed by atoms with E-state index in [0.29, 0.717) is 22.9 Å². The second-order valence-electron chi connectivity index (χ2n) is 6.23. The van der Waals surface area contributed by atoms with Crippen molar-refractivity contribution in [3.63, 3.8) is 0 Å². The highest BCUT2D eigenvalue weighted by molar-refractivity contribution is 9.10. The zero-order chi connectivity index (χ0) is 22.2. The second kappa shape index (κ2) is 10.9. The molecule has 0 aliphatic carbocycles. The van der Waals surface area contributed by atoms with E-state index in [2.05, 4.69) is 31.8 Å². The number of carbonyl (C=O) groups excluding carboxylic acids is 2. The third-order valence-electron chi connectivity index (χ3n) is 3.98. The minimum absolute atomic E-state index is 0.227. The van der Waals surface area contributed by atoms with Gasteiger partial charge in [0.05, 0.1) is 16.9 Å². The number of hydrazone groups is 1. The topological polar surface area (TPSA) is 79.8 Å². The van der Waals surface area contributed by atoms with Gasteiger partial charge in [0.25, 0.3) is 0 Å². The molecule has 0 aromatic heterocycles. The van der Waals surface area contributed by atoms with E-state index in [1.54, 1.807) is 18.2 Å². The van der Waals surface area contributed by atoms with Crippen LogP contribution in [0.1, 0.15) is 11.1 Å². The Morgan fingerprint density at radius 2 is 1.74 bits per heavy atom. The molecular formula is C22H16BrCl2N3O3. The largest absolute Gasteiger partial charge is 0.488 e. The van der Waals surface area contributed by atoms with Crippen LogP contribution in [0.15, 0.2) is 76.3 Å². The molecule has 0 spiro atoms. The Kier molecular flexibility index (Phi) is 8.06. The molecule has 31 heavy (non-hydrogen) atoms. The number of rotatable bonds is 6. The van der Waals surface area contributed by atoms with Gasteiger partial charge in [0.1, 0.15) is 12.4 Å². The number of para-hydroxylation sites is 1. The highest BCUT2D eigenvalue weighted by Gasteiger charge is 2.15. The normalized spacial score (nSPS) is 10.7. The first-order chi connectivity index (χ1) is 14.9. The van der Waals surface area contributed by atoms with Crippen molar-refractivity contribution in [1.82, 2.24) is 5.43 Å². The van der Waals surface area contributed by atoms with Gasteiger partial charge in [-0.25, -0.2) is 5.43 Å². The number of nitrogens with zero attached hydrogens (tertiary/aromatic N) is 1. The van der Waals surface area contributed by atoms with Crippen LogP contribution >= 0.6 is 39.1 Å². The molecular weight excluding hydrogens is 505 g/mol. The Labute approximate surface area is 197 Å². The fraction of sp³-hybridized carbons (Fsp3) is 0.0455. The maximum atomic E-state index is 12.0. The van der Waals surface area contributed by atoms with Crippen LogP contribution in [0.3, 0.4) is 0 Å². The summed E-state index contributed by atoms with van der Waals surface area (Å²) in [5, 5.41) is 6.85. The minimum Gasteiger partial charge on any atom is -0.488 e. The van der Waals surface area contributed by atoms with E-state index in [9.17, 15) is 9.59 Å². The fourth-order valence-corrected chi connectivity index (χ4v) is 3.05. The molecule has 0 radical (unpaired) electrons. The highest BCUT2D eigenvalue weighted by atomic mass is 79.9. The number of ether oxygens (including phenoxy) is 1. The number of halogens is 3. The van der Waals surface area contributed by atoms with Crippen molar-refractivity contribution < 1.29 is 14.3 Å². The monoisotopic (exact) mass is 519 g/mol. The van der Waals surface area contributed by atoms with Crippen molar-refractivity contribution in [1.29, 1.82) is 0 Å². The molecule has 3 rings (SSSR count). The zero-order valence-corrected chi connectivity index (χ0v) is 19.0. The van der Waals surface area contributed by atoms with Gasteiger partial charge in [-0.1, -0.05) is 63.4 Å². The predicted octanol–water partition coefficient (Wildman–Crippen LogP) is 5.42. The molecule has 0 atom stereocenters. The number of hydrogen-bond donors (Lipinski definition) is 2. The van der Waals surface area contributed by atoms with Crippen LogP contribution in [0.4, 0.5) is 5.69 Å². The molecule has 0 saturated heterocycles. The average molecular weight is 521 g/mol. The third kappa shape index (κ3) is 6.82. The molecule has 3 aromatic rings. The van der Waals surface area contributed by atoms with Crippen LogP contribution in [0.2, 0.25) is 10.0 Å². The second-order valence-corrected chi connectivity index (χ2v) is 7.99. The first kappa shape index (κ1) is 22.8. The van der Waals surface area contributed by atoms with Crippen LogP contribution in [0, 0.1) is 0 Å². The number of hydrogen-bond acceptors (Lipinski definition) is 4. The lowest BCUT2D eigenvalue weighted by atomic mass is 10.2. The Bertz CT molecular complexity index is 1120. The Hall–Kier alpha value is -2.87.